The van der Waals surface area contributed by atoms with E-state index in [-0.39, 0.29) is 11.2 Å². The standard InChI is InChI=1S/C23H21FN2S/c1-23-14-16-15-25-26(19-10-8-18(24)9-11-19)21(16)13-17(23)7-12-22(23)27-20-5-3-2-4-6-20/h2-6,8-11,13,15,22H,7,12,14H2,1H3/t22-,23+/m1/s1. The highest BCUT2D eigenvalue weighted by atomic mass is 32.2. The zero-order valence-corrected chi connectivity index (χ0v) is 16.0. The largest absolute Gasteiger partial charge is 0.233 e. The van der Waals surface area contributed by atoms with E-state index >= 15 is 0 Å². The van der Waals surface area contributed by atoms with Gasteiger partial charge in [-0.25, -0.2) is 9.07 Å². The van der Waals surface area contributed by atoms with Crippen LogP contribution in [0.4, 0.5) is 4.39 Å². The molecule has 1 saturated carbocycles. The predicted octanol–water partition coefficient (Wildman–Crippen LogP) is 5.91. The molecule has 0 bridgehead atoms. The number of nitrogens with zero attached hydrogens (tertiary/aromatic N) is 2. The minimum atomic E-state index is -0.220. The summed E-state index contributed by atoms with van der Waals surface area (Å²) in [6.45, 7) is 2.41. The Morgan fingerprint density at radius 1 is 1.11 bits per heavy atom. The number of hydrogen-bond donors (Lipinski definition) is 0. The van der Waals surface area contributed by atoms with Crippen LogP contribution in [0.15, 0.2) is 71.3 Å². The van der Waals surface area contributed by atoms with Gasteiger partial charge in [-0.1, -0.05) is 30.7 Å². The molecule has 1 heterocycles. The lowest BCUT2D eigenvalue weighted by Gasteiger charge is -2.35. The van der Waals surface area contributed by atoms with Crippen LogP contribution in [-0.2, 0) is 6.42 Å². The topological polar surface area (TPSA) is 17.8 Å². The summed E-state index contributed by atoms with van der Waals surface area (Å²) in [7, 11) is 0. The van der Waals surface area contributed by atoms with Gasteiger partial charge >= 0.3 is 0 Å². The number of halogens is 1. The van der Waals surface area contributed by atoms with Gasteiger partial charge in [0.2, 0.25) is 0 Å². The highest BCUT2D eigenvalue weighted by molar-refractivity contribution is 8.00. The number of allylic oxidation sites excluding steroid dienone is 1. The first-order chi connectivity index (χ1) is 13.1. The zero-order valence-electron chi connectivity index (χ0n) is 15.2. The Bertz CT molecular complexity index is 1010. The molecule has 1 fully saturated rings. The molecule has 0 spiro atoms. The van der Waals surface area contributed by atoms with Gasteiger partial charge in [-0.05, 0) is 67.3 Å². The Hall–Kier alpha value is -2.33. The highest BCUT2D eigenvalue weighted by Gasteiger charge is 2.45. The van der Waals surface area contributed by atoms with Gasteiger partial charge in [-0.3, -0.25) is 0 Å². The minimum Gasteiger partial charge on any atom is -0.233 e. The average Bonchev–Trinajstić information content (AvgIpc) is 3.22. The van der Waals surface area contributed by atoms with Crippen molar-refractivity contribution >= 4 is 17.8 Å². The summed E-state index contributed by atoms with van der Waals surface area (Å²) in [5, 5.41) is 5.19. The molecular weight excluding hydrogens is 355 g/mol. The summed E-state index contributed by atoms with van der Waals surface area (Å²) < 4.78 is 15.2. The number of fused-ring (bicyclic) bond motifs is 2. The first kappa shape index (κ1) is 16.8. The molecule has 1 aromatic heterocycles. The summed E-state index contributed by atoms with van der Waals surface area (Å²) in [5.74, 6) is -0.220. The van der Waals surface area contributed by atoms with E-state index in [9.17, 15) is 4.39 Å². The van der Waals surface area contributed by atoms with E-state index in [2.05, 4.69) is 48.4 Å². The van der Waals surface area contributed by atoms with Gasteiger partial charge in [0.05, 0.1) is 17.6 Å². The zero-order chi connectivity index (χ0) is 18.4. The molecule has 0 aliphatic heterocycles. The van der Waals surface area contributed by atoms with E-state index in [0.29, 0.717) is 5.25 Å². The molecule has 0 saturated heterocycles. The Morgan fingerprint density at radius 3 is 2.67 bits per heavy atom. The lowest BCUT2D eigenvalue weighted by molar-refractivity contribution is 0.417. The van der Waals surface area contributed by atoms with Crippen LogP contribution < -0.4 is 0 Å². The number of benzene rings is 2. The normalized spacial score (nSPS) is 23.6. The summed E-state index contributed by atoms with van der Waals surface area (Å²) >= 11 is 2.01. The fraction of sp³-hybridized carbons (Fsp3) is 0.261. The van der Waals surface area contributed by atoms with Gasteiger partial charge in [0, 0.05) is 15.6 Å². The maximum atomic E-state index is 13.3. The van der Waals surface area contributed by atoms with E-state index in [1.807, 2.05) is 22.6 Å². The van der Waals surface area contributed by atoms with Crippen LogP contribution in [0.1, 0.15) is 31.0 Å². The van der Waals surface area contributed by atoms with Crippen molar-refractivity contribution in [1.82, 2.24) is 9.78 Å². The van der Waals surface area contributed by atoms with Gasteiger partial charge in [0.15, 0.2) is 0 Å². The van der Waals surface area contributed by atoms with Gasteiger partial charge in [0.25, 0.3) is 0 Å². The Morgan fingerprint density at radius 2 is 1.89 bits per heavy atom. The second kappa shape index (κ2) is 6.38. The first-order valence-corrected chi connectivity index (χ1v) is 10.3. The number of thioether (sulfide) groups is 1. The summed E-state index contributed by atoms with van der Waals surface area (Å²) in [4.78, 5) is 1.35. The van der Waals surface area contributed by atoms with Crippen molar-refractivity contribution in [3.8, 4) is 5.69 Å². The molecule has 5 rings (SSSR count). The van der Waals surface area contributed by atoms with E-state index in [4.69, 9.17) is 0 Å². The lowest BCUT2D eigenvalue weighted by Crippen LogP contribution is -2.30. The molecule has 4 heteroatoms. The van der Waals surface area contributed by atoms with Crippen molar-refractivity contribution in [1.29, 1.82) is 0 Å². The van der Waals surface area contributed by atoms with Gasteiger partial charge in [-0.15, -0.1) is 11.8 Å². The van der Waals surface area contributed by atoms with E-state index in [1.165, 1.54) is 34.6 Å². The van der Waals surface area contributed by atoms with Crippen LogP contribution in [0.5, 0.6) is 0 Å². The first-order valence-electron chi connectivity index (χ1n) is 9.39. The minimum absolute atomic E-state index is 0.171. The van der Waals surface area contributed by atoms with Crippen LogP contribution >= 0.6 is 11.8 Å². The molecule has 136 valence electrons. The van der Waals surface area contributed by atoms with E-state index in [1.54, 1.807) is 12.1 Å². The third-order valence-electron chi connectivity index (χ3n) is 5.97. The quantitative estimate of drug-likeness (QED) is 0.565. The van der Waals surface area contributed by atoms with E-state index < -0.39 is 0 Å². The maximum absolute atomic E-state index is 13.3. The molecule has 2 aliphatic rings. The fourth-order valence-corrected chi connectivity index (χ4v) is 5.82. The molecule has 2 aliphatic carbocycles. The van der Waals surface area contributed by atoms with Crippen molar-refractivity contribution < 1.29 is 4.39 Å². The molecule has 3 aromatic rings. The van der Waals surface area contributed by atoms with Crippen molar-refractivity contribution in [2.75, 3.05) is 0 Å². The molecule has 0 N–H and O–H groups in total. The van der Waals surface area contributed by atoms with Crippen molar-refractivity contribution in [3.05, 3.63) is 83.4 Å². The Balaban J connectivity index is 1.48. The molecule has 2 atom stereocenters. The van der Waals surface area contributed by atoms with Gasteiger partial charge in [0.1, 0.15) is 5.82 Å². The molecule has 27 heavy (non-hydrogen) atoms. The molecule has 2 nitrogen and oxygen atoms in total. The van der Waals surface area contributed by atoms with Crippen LogP contribution in [0.2, 0.25) is 0 Å². The SMILES string of the molecule is C[C@]12Cc3cnn(-c4ccc(F)cc4)c3C=C1CC[C@H]2Sc1ccccc1. The number of rotatable bonds is 3. The van der Waals surface area contributed by atoms with Gasteiger partial charge in [-0.2, -0.15) is 5.10 Å². The second-order valence-corrected chi connectivity index (χ2v) is 8.94. The maximum Gasteiger partial charge on any atom is 0.123 e. The van der Waals surface area contributed by atoms with Gasteiger partial charge < -0.3 is 0 Å². The molecule has 0 amide bonds. The predicted molar refractivity (Wildman–Crippen MR) is 109 cm³/mol. The molecular formula is C23H21FN2S. The Kier molecular flexibility index (Phi) is 3.97. The second-order valence-electron chi connectivity index (χ2n) is 7.67. The lowest BCUT2D eigenvalue weighted by atomic mass is 9.75. The van der Waals surface area contributed by atoms with Crippen LogP contribution in [0.25, 0.3) is 11.8 Å². The molecule has 0 radical (unpaired) electrons. The van der Waals surface area contributed by atoms with Crippen molar-refractivity contribution in [3.63, 3.8) is 0 Å². The summed E-state index contributed by atoms with van der Waals surface area (Å²) in [6.07, 6.45) is 7.67. The third kappa shape index (κ3) is 2.83. The summed E-state index contributed by atoms with van der Waals surface area (Å²) in [6, 6.07) is 17.3. The highest BCUT2D eigenvalue weighted by Crippen LogP contribution is 2.55. The van der Waals surface area contributed by atoms with Crippen molar-refractivity contribution in [2.24, 2.45) is 5.41 Å². The number of hydrogen-bond acceptors (Lipinski definition) is 2. The average molecular weight is 376 g/mol. The molecule has 2 aromatic carbocycles. The fourth-order valence-electron chi connectivity index (χ4n) is 4.44. The van der Waals surface area contributed by atoms with Crippen LogP contribution in [0.3, 0.4) is 0 Å². The number of aromatic nitrogens is 2. The molecule has 0 unspecified atom stereocenters. The van der Waals surface area contributed by atoms with E-state index in [0.717, 1.165) is 24.2 Å². The van der Waals surface area contributed by atoms with Crippen LogP contribution in [0, 0.1) is 11.2 Å². The smallest absolute Gasteiger partial charge is 0.123 e. The third-order valence-corrected chi connectivity index (χ3v) is 7.55. The summed E-state index contributed by atoms with van der Waals surface area (Å²) in [5.41, 5.74) is 5.04. The van der Waals surface area contributed by atoms with Crippen LogP contribution in [-0.4, -0.2) is 15.0 Å². The van der Waals surface area contributed by atoms with Crippen molar-refractivity contribution in [2.45, 2.75) is 36.3 Å². The Labute approximate surface area is 163 Å². The monoisotopic (exact) mass is 376 g/mol.